The molecule has 0 spiro atoms. The van der Waals surface area contributed by atoms with Gasteiger partial charge in [0.2, 0.25) is 5.91 Å². The molecule has 7 nitrogen and oxygen atoms in total. The zero-order valence-corrected chi connectivity index (χ0v) is 16.9. The third-order valence-electron chi connectivity index (χ3n) is 5.34. The largest absolute Gasteiger partial charge is 0.497 e. The third-order valence-corrected chi connectivity index (χ3v) is 6.38. The second-order valence-electron chi connectivity index (χ2n) is 7.06. The number of benzene rings is 1. The van der Waals surface area contributed by atoms with Crippen LogP contribution in [-0.4, -0.2) is 58.6 Å². The lowest BCUT2D eigenvalue weighted by molar-refractivity contribution is -0.132. The van der Waals surface area contributed by atoms with Gasteiger partial charge in [-0.3, -0.25) is 4.79 Å². The highest BCUT2D eigenvalue weighted by Gasteiger charge is 2.23. The van der Waals surface area contributed by atoms with Crippen molar-refractivity contribution in [2.75, 3.05) is 38.2 Å². The molecule has 0 aliphatic carbocycles. The molecule has 1 amide bonds. The number of thiazole rings is 1. The summed E-state index contributed by atoms with van der Waals surface area (Å²) in [5, 5.41) is 2.06. The maximum Gasteiger partial charge on any atom is 0.242 e. The van der Waals surface area contributed by atoms with Crippen LogP contribution in [0.15, 0.2) is 48.8 Å². The summed E-state index contributed by atoms with van der Waals surface area (Å²) in [6.45, 7) is 3.33. The maximum atomic E-state index is 12.9. The van der Waals surface area contributed by atoms with Crippen molar-refractivity contribution < 1.29 is 9.53 Å². The average Bonchev–Trinajstić information content (AvgIpc) is 3.37. The van der Waals surface area contributed by atoms with Gasteiger partial charge < -0.3 is 19.1 Å². The van der Waals surface area contributed by atoms with E-state index in [0.717, 1.165) is 45.2 Å². The Morgan fingerprint density at radius 2 is 2.03 bits per heavy atom. The van der Waals surface area contributed by atoms with Crippen molar-refractivity contribution in [3.05, 3.63) is 48.8 Å². The molecule has 148 valence electrons. The Hall–Kier alpha value is -3.13. The van der Waals surface area contributed by atoms with Crippen molar-refractivity contribution in [3.63, 3.8) is 0 Å². The number of anilines is 1. The van der Waals surface area contributed by atoms with Crippen LogP contribution in [0.3, 0.4) is 0 Å². The van der Waals surface area contributed by atoms with E-state index in [1.165, 1.54) is 0 Å². The highest BCUT2D eigenvalue weighted by Crippen LogP contribution is 2.28. The van der Waals surface area contributed by atoms with Gasteiger partial charge in [-0.05, 0) is 36.4 Å². The lowest BCUT2D eigenvalue weighted by atomic mass is 10.2. The molecular weight excluding hydrogens is 386 g/mol. The molecule has 0 N–H and O–H groups in total. The first kappa shape index (κ1) is 17.9. The topological polar surface area (TPSA) is 63.5 Å². The highest BCUT2D eigenvalue weighted by atomic mass is 32.1. The standard InChI is InChI=1S/C21H21N5O2S/c1-28-16-4-5-18-15(13-16)6-8-26(18)14-19(27)24-9-11-25(12-10-24)21-23-17-3-2-7-22-20(17)29-21/h2-8,13H,9-12,14H2,1H3. The lowest BCUT2D eigenvalue weighted by Gasteiger charge is -2.34. The van der Waals surface area contributed by atoms with Crippen LogP contribution in [0.2, 0.25) is 0 Å². The van der Waals surface area contributed by atoms with Gasteiger partial charge in [0.15, 0.2) is 5.13 Å². The molecule has 3 aromatic heterocycles. The van der Waals surface area contributed by atoms with Crippen molar-refractivity contribution in [1.82, 2.24) is 19.4 Å². The van der Waals surface area contributed by atoms with Gasteiger partial charge in [0.25, 0.3) is 0 Å². The molecule has 5 rings (SSSR count). The Morgan fingerprint density at radius 1 is 1.17 bits per heavy atom. The van der Waals surface area contributed by atoms with E-state index in [9.17, 15) is 4.79 Å². The molecule has 8 heteroatoms. The molecule has 0 atom stereocenters. The summed E-state index contributed by atoms with van der Waals surface area (Å²) in [6.07, 6.45) is 3.76. The summed E-state index contributed by atoms with van der Waals surface area (Å²) in [4.78, 5) is 27.0. The zero-order chi connectivity index (χ0) is 19.8. The van der Waals surface area contributed by atoms with Gasteiger partial charge in [0.1, 0.15) is 22.6 Å². The van der Waals surface area contributed by atoms with Crippen LogP contribution in [0.25, 0.3) is 21.3 Å². The Balaban J connectivity index is 1.24. The molecule has 0 radical (unpaired) electrons. The number of fused-ring (bicyclic) bond motifs is 2. The van der Waals surface area contributed by atoms with Crippen LogP contribution in [0.4, 0.5) is 5.13 Å². The van der Waals surface area contributed by atoms with E-state index in [1.807, 2.05) is 52.1 Å². The molecule has 1 fully saturated rings. The Bertz CT molecular complexity index is 1140. The monoisotopic (exact) mass is 407 g/mol. The Morgan fingerprint density at radius 3 is 2.83 bits per heavy atom. The van der Waals surface area contributed by atoms with Gasteiger partial charge in [-0.15, -0.1) is 0 Å². The van der Waals surface area contributed by atoms with E-state index in [0.29, 0.717) is 19.6 Å². The summed E-state index contributed by atoms with van der Waals surface area (Å²) >= 11 is 1.61. The van der Waals surface area contributed by atoms with Gasteiger partial charge >= 0.3 is 0 Å². The van der Waals surface area contributed by atoms with E-state index < -0.39 is 0 Å². The zero-order valence-electron chi connectivity index (χ0n) is 16.1. The Kier molecular flexibility index (Phi) is 4.55. The normalized spacial score (nSPS) is 14.7. The number of aromatic nitrogens is 3. The van der Waals surface area contributed by atoms with Crippen LogP contribution >= 0.6 is 11.3 Å². The van der Waals surface area contributed by atoms with E-state index in [4.69, 9.17) is 4.74 Å². The quantitative estimate of drug-likeness (QED) is 0.520. The van der Waals surface area contributed by atoms with Crippen molar-refractivity contribution in [2.45, 2.75) is 6.54 Å². The highest BCUT2D eigenvalue weighted by molar-refractivity contribution is 7.21. The molecule has 29 heavy (non-hydrogen) atoms. The molecular formula is C21H21N5O2S. The second kappa shape index (κ2) is 7.36. The average molecular weight is 407 g/mol. The van der Waals surface area contributed by atoms with Gasteiger partial charge in [-0.2, -0.15) is 0 Å². The number of carbonyl (C=O) groups is 1. The van der Waals surface area contributed by atoms with Crippen molar-refractivity contribution in [2.24, 2.45) is 0 Å². The van der Waals surface area contributed by atoms with Gasteiger partial charge in [-0.1, -0.05) is 11.3 Å². The second-order valence-corrected chi connectivity index (χ2v) is 8.02. The fourth-order valence-electron chi connectivity index (χ4n) is 3.73. The van der Waals surface area contributed by atoms with Crippen LogP contribution in [-0.2, 0) is 11.3 Å². The van der Waals surface area contributed by atoms with Crippen LogP contribution < -0.4 is 9.64 Å². The minimum absolute atomic E-state index is 0.143. The minimum atomic E-state index is 0.143. The number of nitrogens with zero attached hydrogens (tertiary/aromatic N) is 5. The van der Waals surface area contributed by atoms with E-state index >= 15 is 0 Å². The molecule has 1 aliphatic rings. The van der Waals surface area contributed by atoms with Gasteiger partial charge in [0.05, 0.1) is 7.11 Å². The number of pyridine rings is 1. The Labute approximate surface area is 172 Å². The maximum absolute atomic E-state index is 12.9. The van der Waals surface area contributed by atoms with Crippen molar-refractivity contribution >= 4 is 43.6 Å². The summed E-state index contributed by atoms with van der Waals surface area (Å²) in [5.41, 5.74) is 1.97. The van der Waals surface area contributed by atoms with Crippen molar-refractivity contribution in [3.8, 4) is 5.75 Å². The van der Waals surface area contributed by atoms with Crippen LogP contribution in [0, 0.1) is 0 Å². The van der Waals surface area contributed by atoms with E-state index in [2.05, 4.69) is 14.9 Å². The van der Waals surface area contributed by atoms with Gasteiger partial charge in [-0.25, -0.2) is 9.97 Å². The van der Waals surface area contributed by atoms with E-state index in [1.54, 1.807) is 24.6 Å². The molecule has 1 aliphatic heterocycles. The lowest BCUT2D eigenvalue weighted by Crippen LogP contribution is -2.49. The number of amides is 1. The predicted octanol–water partition coefficient (Wildman–Crippen LogP) is 3.00. The number of hydrogen-bond acceptors (Lipinski definition) is 6. The molecule has 0 unspecified atom stereocenters. The fourth-order valence-corrected chi connectivity index (χ4v) is 4.69. The summed E-state index contributed by atoms with van der Waals surface area (Å²) in [6, 6.07) is 11.8. The number of methoxy groups -OCH3 is 1. The minimum Gasteiger partial charge on any atom is -0.497 e. The van der Waals surface area contributed by atoms with Crippen molar-refractivity contribution in [1.29, 1.82) is 0 Å². The predicted molar refractivity (Wildman–Crippen MR) is 115 cm³/mol. The first-order valence-electron chi connectivity index (χ1n) is 9.58. The molecule has 4 heterocycles. The van der Waals surface area contributed by atoms with Crippen LogP contribution in [0.5, 0.6) is 5.75 Å². The number of rotatable bonds is 4. The first-order chi connectivity index (χ1) is 14.2. The summed E-state index contributed by atoms with van der Waals surface area (Å²) in [7, 11) is 1.66. The molecule has 1 saturated heterocycles. The van der Waals surface area contributed by atoms with Crippen LogP contribution in [0.1, 0.15) is 0 Å². The first-order valence-corrected chi connectivity index (χ1v) is 10.4. The number of carbonyl (C=O) groups excluding carboxylic acids is 1. The number of ether oxygens (including phenoxy) is 1. The summed E-state index contributed by atoms with van der Waals surface area (Å²) < 4.78 is 7.28. The number of hydrogen-bond donors (Lipinski definition) is 0. The molecule has 4 aromatic rings. The number of piperazine rings is 1. The van der Waals surface area contributed by atoms with E-state index in [-0.39, 0.29) is 5.91 Å². The smallest absolute Gasteiger partial charge is 0.242 e. The van der Waals surface area contributed by atoms with Gasteiger partial charge in [0, 0.05) is 49.5 Å². The summed E-state index contributed by atoms with van der Waals surface area (Å²) in [5.74, 6) is 0.965. The fraction of sp³-hybridized carbons (Fsp3) is 0.286. The molecule has 0 saturated carbocycles. The third kappa shape index (κ3) is 3.40. The molecule has 1 aromatic carbocycles. The molecule has 0 bridgehead atoms. The SMILES string of the molecule is COc1ccc2c(ccn2CC(=O)N2CCN(c3nc4cccnc4s3)CC2)c1.